The van der Waals surface area contributed by atoms with Crippen LogP contribution in [0.2, 0.25) is 0 Å². The van der Waals surface area contributed by atoms with Crippen LogP contribution in [0.4, 0.5) is 5.69 Å². The van der Waals surface area contributed by atoms with Gasteiger partial charge in [0.05, 0.1) is 6.54 Å². The highest BCUT2D eigenvalue weighted by Crippen LogP contribution is 2.25. The number of hydrogen-bond acceptors (Lipinski definition) is 5. The second kappa shape index (κ2) is 9.28. The van der Waals surface area contributed by atoms with Gasteiger partial charge in [-0.05, 0) is 43.5 Å². The third kappa shape index (κ3) is 4.76. The molecule has 1 aromatic heterocycles. The number of nitrogens with zero attached hydrogens (tertiary/aromatic N) is 4. The average molecular weight is 425 g/mol. The van der Waals surface area contributed by atoms with Crippen molar-refractivity contribution in [3.63, 3.8) is 0 Å². The average Bonchev–Trinajstić information content (AvgIpc) is 3.46. The summed E-state index contributed by atoms with van der Waals surface area (Å²) in [6, 6.07) is 6.93. The third-order valence-corrected chi connectivity index (χ3v) is 6.01. The quantitative estimate of drug-likeness (QED) is 0.732. The van der Waals surface area contributed by atoms with Crippen LogP contribution in [0.1, 0.15) is 60.5 Å². The van der Waals surface area contributed by atoms with Gasteiger partial charge >= 0.3 is 0 Å². The minimum absolute atomic E-state index is 0.0313. The molecular weight excluding hydrogens is 396 g/mol. The van der Waals surface area contributed by atoms with E-state index in [0.29, 0.717) is 31.6 Å². The van der Waals surface area contributed by atoms with E-state index in [1.165, 1.54) is 0 Å². The van der Waals surface area contributed by atoms with E-state index in [1.807, 2.05) is 6.92 Å². The highest BCUT2D eigenvalue weighted by molar-refractivity contribution is 5.98. The number of carbonyl (C=O) groups is 3. The van der Waals surface area contributed by atoms with E-state index >= 15 is 0 Å². The van der Waals surface area contributed by atoms with Gasteiger partial charge in [-0.1, -0.05) is 6.92 Å². The maximum Gasteiger partial charge on any atom is 0.251 e. The minimum atomic E-state index is -0.296. The van der Waals surface area contributed by atoms with Gasteiger partial charge < -0.3 is 15.1 Å². The lowest BCUT2D eigenvalue weighted by Gasteiger charge is -2.30. The van der Waals surface area contributed by atoms with E-state index in [4.69, 9.17) is 0 Å². The Morgan fingerprint density at radius 3 is 2.52 bits per heavy atom. The molecule has 2 aromatic rings. The van der Waals surface area contributed by atoms with E-state index in [9.17, 15) is 14.4 Å². The summed E-state index contributed by atoms with van der Waals surface area (Å²) in [6.07, 6.45) is 3.88. The molecule has 2 fully saturated rings. The Morgan fingerprint density at radius 1 is 1.16 bits per heavy atom. The summed E-state index contributed by atoms with van der Waals surface area (Å²) in [6.45, 7) is 3.98. The molecule has 164 valence electrons. The lowest BCUT2D eigenvalue weighted by Crippen LogP contribution is -2.43. The molecule has 0 unspecified atom stereocenters. The second-order valence-corrected chi connectivity index (χ2v) is 8.03. The van der Waals surface area contributed by atoms with Crippen molar-refractivity contribution in [2.24, 2.45) is 0 Å². The van der Waals surface area contributed by atoms with Crippen LogP contribution in [0.25, 0.3) is 0 Å². The molecule has 0 aliphatic carbocycles. The molecule has 9 nitrogen and oxygen atoms in total. The Balaban J connectivity index is 1.24. The Kier molecular flexibility index (Phi) is 6.29. The summed E-state index contributed by atoms with van der Waals surface area (Å²) in [5.41, 5.74) is 1.27. The molecule has 1 aromatic carbocycles. The van der Waals surface area contributed by atoms with Gasteiger partial charge in [-0.3, -0.25) is 19.5 Å². The van der Waals surface area contributed by atoms with Crippen LogP contribution in [-0.2, 0) is 16.0 Å². The molecule has 0 radical (unpaired) electrons. The summed E-state index contributed by atoms with van der Waals surface area (Å²) in [5.74, 6) is 1.70. The van der Waals surface area contributed by atoms with Crippen LogP contribution in [-0.4, -0.2) is 64.0 Å². The van der Waals surface area contributed by atoms with Gasteiger partial charge in [0.1, 0.15) is 5.82 Å². The Bertz CT molecular complexity index is 946. The number of hydrogen-bond donors (Lipinski definition) is 2. The Labute approximate surface area is 181 Å². The van der Waals surface area contributed by atoms with Gasteiger partial charge in [0.25, 0.3) is 5.91 Å². The van der Waals surface area contributed by atoms with Gasteiger partial charge in [0.15, 0.2) is 5.82 Å². The number of carbonyl (C=O) groups excluding carboxylic acids is 3. The summed E-state index contributed by atoms with van der Waals surface area (Å²) in [5, 5.41) is 9.95. The van der Waals surface area contributed by atoms with Crippen LogP contribution in [0.15, 0.2) is 24.3 Å². The number of aromatic nitrogens is 3. The monoisotopic (exact) mass is 424 g/mol. The first-order chi connectivity index (χ1) is 15.0. The summed E-state index contributed by atoms with van der Waals surface area (Å²) < 4.78 is 0. The highest BCUT2D eigenvalue weighted by Gasteiger charge is 2.26. The molecule has 2 saturated heterocycles. The van der Waals surface area contributed by atoms with Crippen LogP contribution in [0.5, 0.6) is 0 Å². The van der Waals surface area contributed by atoms with E-state index in [0.717, 1.165) is 43.0 Å². The van der Waals surface area contributed by atoms with Crippen molar-refractivity contribution in [2.45, 2.75) is 44.9 Å². The number of aromatic amines is 1. The van der Waals surface area contributed by atoms with Crippen molar-refractivity contribution in [3.05, 3.63) is 41.5 Å². The zero-order valence-electron chi connectivity index (χ0n) is 17.8. The zero-order chi connectivity index (χ0) is 21.8. The molecule has 0 saturated carbocycles. The first kappa shape index (κ1) is 21.0. The summed E-state index contributed by atoms with van der Waals surface area (Å²) in [4.78, 5) is 44.8. The molecule has 31 heavy (non-hydrogen) atoms. The molecule has 3 heterocycles. The Morgan fingerprint density at radius 2 is 1.90 bits per heavy atom. The summed E-state index contributed by atoms with van der Waals surface area (Å²) in [7, 11) is 0. The zero-order valence-corrected chi connectivity index (χ0v) is 17.8. The maximum atomic E-state index is 12.5. The number of piperidine rings is 1. The SMILES string of the molecule is CCc1nc(C2CCN(C(=O)CNC(=O)c3ccc(N4CCCC4=O)cc3)CC2)n[nH]1. The number of rotatable bonds is 6. The molecule has 0 atom stereocenters. The van der Waals surface area contributed by atoms with Gasteiger partial charge in [0.2, 0.25) is 11.8 Å². The van der Waals surface area contributed by atoms with E-state index in [1.54, 1.807) is 34.1 Å². The molecule has 0 bridgehead atoms. The van der Waals surface area contributed by atoms with E-state index in [2.05, 4.69) is 20.5 Å². The van der Waals surface area contributed by atoms with Crippen molar-refractivity contribution in [1.29, 1.82) is 0 Å². The van der Waals surface area contributed by atoms with Crippen molar-refractivity contribution in [2.75, 3.05) is 31.1 Å². The Hall–Kier alpha value is -3.23. The van der Waals surface area contributed by atoms with Gasteiger partial charge in [-0.25, -0.2) is 4.98 Å². The van der Waals surface area contributed by atoms with Crippen molar-refractivity contribution in [3.8, 4) is 0 Å². The second-order valence-electron chi connectivity index (χ2n) is 8.03. The predicted molar refractivity (Wildman–Crippen MR) is 115 cm³/mol. The molecule has 2 aliphatic heterocycles. The molecule has 9 heteroatoms. The van der Waals surface area contributed by atoms with Gasteiger partial charge in [-0.15, -0.1) is 0 Å². The number of amides is 3. The molecule has 2 N–H and O–H groups in total. The van der Waals surface area contributed by atoms with Crippen LogP contribution >= 0.6 is 0 Å². The minimum Gasteiger partial charge on any atom is -0.343 e. The lowest BCUT2D eigenvalue weighted by molar-refractivity contribution is -0.131. The third-order valence-electron chi connectivity index (χ3n) is 6.01. The van der Waals surface area contributed by atoms with E-state index in [-0.39, 0.29) is 30.2 Å². The van der Waals surface area contributed by atoms with Crippen molar-refractivity contribution in [1.82, 2.24) is 25.4 Å². The lowest BCUT2D eigenvalue weighted by atomic mass is 9.96. The smallest absolute Gasteiger partial charge is 0.251 e. The number of H-pyrrole nitrogens is 1. The summed E-state index contributed by atoms with van der Waals surface area (Å²) >= 11 is 0. The number of benzene rings is 1. The first-order valence-electron chi connectivity index (χ1n) is 10.9. The number of nitrogens with one attached hydrogen (secondary N) is 2. The topological polar surface area (TPSA) is 111 Å². The largest absolute Gasteiger partial charge is 0.343 e. The van der Waals surface area contributed by atoms with Crippen LogP contribution in [0, 0.1) is 0 Å². The van der Waals surface area contributed by atoms with Crippen LogP contribution in [0.3, 0.4) is 0 Å². The number of anilines is 1. The number of aryl methyl sites for hydroxylation is 1. The molecule has 2 aliphatic rings. The van der Waals surface area contributed by atoms with Gasteiger partial charge in [0, 0.05) is 49.6 Å². The van der Waals surface area contributed by atoms with Crippen molar-refractivity contribution >= 4 is 23.4 Å². The van der Waals surface area contributed by atoms with Crippen LogP contribution < -0.4 is 10.2 Å². The van der Waals surface area contributed by atoms with Crippen molar-refractivity contribution < 1.29 is 14.4 Å². The number of likely N-dealkylation sites (tertiary alicyclic amines) is 1. The maximum absolute atomic E-state index is 12.5. The fourth-order valence-corrected chi connectivity index (χ4v) is 4.12. The fraction of sp³-hybridized carbons (Fsp3) is 0.500. The molecule has 3 amide bonds. The molecule has 4 rings (SSSR count). The molecular formula is C22H28N6O3. The predicted octanol–water partition coefficient (Wildman–Crippen LogP) is 1.63. The highest BCUT2D eigenvalue weighted by atomic mass is 16.2. The first-order valence-corrected chi connectivity index (χ1v) is 10.9. The van der Waals surface area contributed by atoms with Gasteiger partial charge in [-0.2, -0.15) is 5.10 Å². The van der Waals surface area contributed by atoms with E-state index < -0.39 is 0 Å². The molecule has 0 spiro atoms. The standard InChI is InChI=1S/C22H28N6O3/c1-2-18-24-21(26-25-18)15-9-12-27(13-10-15)20(30)14-23-22(31)16-5-7-17(8-6-16)28-11-3-4-19(28)29/h5-8,15H,2-4,9-14H2,1H3,(H,23,31)(H,24,25,26). The normalized spacial score (nSPS) is 17.3. The fourth-order valence-electron chi connectivity index (χ4n) is 4.12.